The number of amides is 2. The normalized spacial score (nSPS) is 10.0. The lowest BCUT2D eigenvalue weighted by Crippen LogP contribution is -2.28. The molecule has 0 aliphatic carbocycles. The summed E-state index contributed by atoms with van der Waals surface area (Å²) in [6.45, 7) is 0. The summed E-state index contributed by atoms with van der Waals surface area (Å²) in [5.41, 5.74) is -0.721. The Morgan fingerprint density at radius 3 is 1.78 bits per heavy atom. The molecular formula is C8H2Cl4N2O4. The molecule has 2 amide bonds. The van der Waals surface area contributed by atoms with E-state index < -0.39 is 21.3 Å². The minimum atomic E-state index is -1.24. The average Bonchev–Trinajstić information content (AvgIpc) is 2.21. The molecule has 0 aliphatic heterocycles. The molecule has 96 valence electrons. The lowest BCUT2D eigenvalue weighted by molar-refractivity contribution is -0.384. The predicted molar refractivity (Wildman–Crippen MR) is 68.1 cm³/mol. The Hall–Kier alpha value is -1.08. The van der Waals surface area contributed by atoms with Crippen molar-refractivity contribution in [2.75, 3.05) is 4.90 Å². The largest absolute Gasteiger partial charge is 0.328 e. The third kappa shape index (κ3) is 3.02. The zero-order chi connectivity index (χ0) is 14.0. The van der Waals surface area contributed by atoms with Gasteiger partial charge in [0.2, 0.25) is 0 Å². The molecule has 1 aromatic carbocycles. The van der Waals surface area contributed by atoms with Crippen LogP contribution in [-0.4, -0.2) is 15.7 Å². The van der Waals surface area contributed by atoms with Crippen molar-refractivity contribution in [2.24, 2.45) is 0 Å². The number of nitro groups is 1. The molecule has 0 atom stereocenters. The molecule has 1 aromatic rings. The fraction of sp³-hybridized carbons (Fsp3) is 0. The molecule has 0 fully saturated rings. The lowest BCUT2D eigenvalue weighted by Gasteiger charge is -2.16. The second kappa shape index (κ2) is 5.71. The van der Waals surface area contributed by atoms with Crippen LogP contribution in [0.15, 0.2) is 12.1 Å². The quantitative estimate of drug-likeness (QED) is 0.347. The van der Waals surface area contributed by atoms with Crippen LogP contribution in [0.2, 0.25) is 10.0 Å². The fourth-order valence-electron chi connectivity index (χ4n) is 1.12. The second-order valence-corrected chi connectivity index (χ2v) is 4.32. The van der Waals surface area contributed by atoms with Crippen molar-refractivity contribution in [1.82, 2.24) is 0 Å². The Morgan fingerprint density at radius 2 is 1.50 bits per heavy atom. The van der Waals surface area contributed by atoms with Crippen molar-refractivity contribution in [1.29, 1.82) is 0 Å². The number of carbonyl (C=O) groups excluding carboxylic acids is 2. The van der Waals surface area contributed by atoms with E-state index in [-0.39, 0.29) is 20.6 Å². The summed E-state index contributed by atoms with van der Waals surface area (Å²) < 4.78 is 0. The number of anilines is 1. The molecule has 0 unspecified atom stereocenters. The number of non-ortho nitro benzene ring substituents is 1. The van der Waals surface area contributed by atoms with Crippen molar-refractivity contribution < 1.29 is 14.5 Å². The van der Waals surface area contributed by atoms with Gasteiger partial charge in [-0.1, -0.05) is 23.2 Å². The van der Waals surface area contributed by atoms with E-state index in [4.69, 9.17) is 46.4 Å². The first-order valence-corrected chi connectivity index (χ1v) is 5.59. The number of halogens is 4. The maximum Gasteiger partial charge on any atom is 0.328 e. The zero-order valence-electron chi connectivity index (χ0n) is 8.19. The van der Waals surface area contributed by atoms with Gasteiger partial charge >= 0.3 is 10.7 Å². The van der Waals surface area contributed by atoms with Crippen molar-refractivity contribution >= 4 is 68.5 Å². The van der Waals surface area contributed by atoms with E-state index in [9.17, 15) is 19.7 Å². The minimum absolute atomic E-state index is 0.289. The van der Waals surface area contributed by atoms with Gasteiger partial charge in [0.05, 0.1) is 20.7 Å². The molecule has 0 N–H and O–H groups in total. The van der Waals surface area contributed by atoms with Crippen molar-refractivity contribution in [3.8, 4) is 0 Å². The Bertz CT molecular complexity index is 511. The van der Waals surface area contributed by atoms with E-state index in [0.29, 0.717) is 0 Å². The fourth-order valence-corrected chi connectivity index (χ4v) is 2.13. The zero-order valence-corrected chi connectivity index (χ0v) is 11.2. The summed E-state index contributed by atoms with van der Waals surface area (Å²) >= 11 is 21.7. The monoisotopic (exact) mass is 330 g/mol. The van der Waals surface area contributed by atoms with Gasteiger partial charge in [0.15, 0.2) is 0 Å². The van der Waals surface area contributed by atoms with Crippen molar-refractivity contribution in [3.63, 3.8) is 0 Å². The number of imide groups is 1. The van der Waals surface area contributed by atoms with Gasteiger partial charge in [-0.05, 0) is 23.2 Å². The number of hydrogen-bond acceptors (Lipinski definition) is 4. The van der Waals surface area contributed by atoms with E-state index in [2.05, 4.69) is 0 Å². The van der Waals surface area contributed by atoms with E-state index in [1.165, 1.54) is 0 Å². The Kier molecular flexibility index (Phi) is 4.75. The number of benzene rings is 1. The highest BCUT2D eigenvalue weighted by atomic mass is 35.5. The summed E-state index contributed by atoms with van der Waals surface area (Å²) in [6.07, 6.45) is 0. The summed E-state index contributed by atoms with van der Waals surface area (Å²) in [5, 5.41) is 7.44. The van der Waals surface area contributed by atoms with Crippen LogP contribution in [0.25, 0.3) is 0 Å². The molecule has 1 rings (SSSR count). The van der Waals surface area contributed by atoms with Crippen LogP contribution in [0.3, 0.4) is 0 Å². The van der Waals surface area contributed by atoms with E-state index in [1.807, 2.05) is 0 Å². The van der Waals surface area contributed by atoms with E-state index >= 15 is 0 Å². The Morgan fingerprint density at radius 1 is 1.11 bits per heavy atom. The van der Waals surface area contributed by atoms with Crippen LogP contribution in [0.5, 0.6) is 0 Å². The number of hydrogen-bond donors (Lipinski definition) is 0. The van der Waals surface area contributed by atoms with Crippen molar-refractivity contribution in [3.05, 3.63) is 32.3 Å². The van der Waals surface area contributed by atoms with Gasteiger partial charge < -0.3 is 0 Å². The second-order valence-electron chi connectivity index (χ2n) is 2.86. The third-order valence-electron chi connectivity index (χ3n) is 1.79. The Labute approximate surface area is 120 Å². The first kappa shape index (κ1) is 15.0. The van der Waals surface area contributed by atoms with Gasteiger partial charge in [-0.15, -0.1) is 0 Å². The molecular weight excluding hydrogens is 330 g/mol. The maximum absolute atomic E-state index is 11.0. The molecule has 6 nitrogen and oxygen atoms in total. The van der Waals surface area contributed by atoms with Crippen LogP contribution in [0.1, 0.15) is 0 Å². The molecule has 0 heterocycles. The van der Waals surface area contributed by atoms with Gasteiger partial charge in [-0.3, -0.25) is 19.7 Å². The highest BCUT2D eigenvalue weighted by Gasteiger charge is 2.27. The third-order valence-corrected chi connectivity index (χ3v) is 2.70. The van der Waals surface area contributed by atoms with Gasteiger partial charge in [0, 0.05) is 12.1 Å². The minimum Gasteiger partial charge on any atom is -0.258 e. The number of nitrogens with zero attached hydrogens (tertiary/aromatic N) is 2. The van der Waals surface area contributed by atoms with Crippen LogP contribution >= 0.6 is 46.4 Å². The molecule has 0 saturated carbocycles. The molecule has 0 bridgehead atoms. The summed E-state index contributed by atoms with van der Waals surface area (Å²) in [6, 6.07) is 1.82. The number of carbonyl (C=O) groups is 2. The van der Waals surface area contributed by atoms with Gasteiger partial charge in [-0.25, -0.2) is 4.90 Å². The van der Waals surface area contributed by atoms with E-state index in [0.717, 1.165) is 12.1 Å². The number of rotatable bonds is 2. The van der Waals surface area contributed by atoms with E-state index in [1.54, 1.807) is 0 Å². The SMILES string of the molecule is O=C(Cl)N(C(=O)Cl)c1c(Cl)cc([N+](=O)[O-])cc1Cl. The standard InChI is InChI=1S/C8H2Cl4N2O4/c9-4-1-3(14(17)18)2-5(10)6(4)13(7(11)15)8(12)16/h1-2H. The van der Waals surface area contributed by atoms with Gasteiger partial charge in [-0.2, -0.15) is 0 Å². The summed E-state index contributed by atoms with van der Waals surface area (Å²) in [5.74, 6) is 0. The Balaban J connectivity index is 3.46. The molecule has 0 aromatic heterocycles. The molecule has 10 heteroatoms. The number of nitro benzene ring substituents is 1. The molecule has 0 saturated heterocycles. The molecule has 0 spiro atoms. The van der Waals surface area contributed by atoms with Gasteiger partial charge in [0.25, 0.3) is 5.69 Å². The van der Waals surface area contributed by atoms with Gasteiger partial charge in [0.1, 0.15) is 0 Å². The van der Waals surface area contributed by atoms with Crippen molar-refractivity contribution in [2.45, 2.75) is 0 Å². The lowest BCUT2D eigenvalue weighted by atomic mass is 10.2. The highest BCUT2D eigenvalue weighted by Crippen LogP contribution is 2.38. The average molecular weight is 332 g/mol. The smallest absolute Gasteiger partial charge is 0.258 e. The predicted octanol–water partition coefficient (Wildman–Crippen LogP) is 4.43. The first-order valence-electron chi connectivity index (χ1n) is 4.08. The maximum atomic E-state index is 11.0. The topological polar surface area (TPSA) is 80.5 Å². The molecule has 0 radical (unpaired) electrons. The highest BCUT2D eigenvalue weighted by molar-refractivity contribution is 6.77. The first-order chi connectivity index (χ1) is 8.25. The van der Waals surface area contributed by atoms with Crippen LogP contribution in [0, 0.1) is 10.1 Å². The summed E-state index contributed by atoms with van der Waals surface area (Å²) in [7, 11) is 0. The van der Waals surface area contributed by atoms with Crippen LogP contribution in [0.4, 0.5) is 21.0 Å². The molecule has 18 heavy (non-hydrogen) atoms. The van der Waals surface area contributed by atoms with Crippen LogP contribution in [-0.2, 0) is 0 Å². The summed E-state index contributed by atoms with van der Waals surface area (Å²) in [4.78, 5) is 32.2. The molecule has 0 aliphatic rings. The van der Waals surface area contributed by atoms with Crippen LogP contribution < -0.4 is 4.90 Å².